The van der Waals surface area contributed by atoms with Crippen LogP contribution in [-0.2, 0) is 11.3 Å². The summed E-state index contributed by atoms with van der Waals surface area (Å²) >= 11 is 0. The van der Waals surface area contributed by atoms with E-state index in [4.69, 9.17) is 0 Å². The molecule has 21 heavy (non-hydrogen) atoms. The zero-order valence-corrected chi connectivity index (χ0v) is 12.0. The van der Waals surface area contributed by atoms with E-state index in [2.05, 4.69) is 10.4 Å². The minimum Gasteiger partial charge on any atom is -0.337 e. The fourth-order valence-electron chi connectivity index (χ4n) is 2.67. The Morgan fingerprint density at radius 1 is 1.48 bits per heavy atom. The molecule has 1 fully saturated rings. The molecule has 1 atom stereocenters. The highest BCUT2D eigenvalue weighted by Crippen LogP contribution is 2.05. The molecule has 0 bridgehead atoms. The summed E-state index contributed by atoms with van der Waals surface area (Å²) in [5, 5.41) is 7.49. The van der Waals surface area contributed by atoms with E-state index < -0.39 is 0 Å². The quantitative estimate of drug-likeness (QED) is 0.842. The first-order chi connectivity index (χ1) is 10.2. The number of hydrogen-bond donors (Lipinski definition) is 1. The first-order valence-electron chi connectivity index (χ1n) is 7.21. The van der Waals surface area contributed by atoms with E-state index in [1.54, 1.807) is 18.3 Å². The van der Waals surface area contributed by atoms with Crippen molar-refractivity contribution in [3.8, 4) is 0 Å². The van der Waals surface area contributed by atoms with Crippen molar-refractivity contribution in [3.05, 3.63) is 34.9 Å². The zero-order chi connectivity index (χ0) is 14.8. The van der Waals surface area contributed by atoms with Gasteiger partial charge in [0.2, 0.25) is 5.91 Å². The van der Waals surface area contributed by atoms with Gasteiger partial charge < -0.3 is 10.2 Å². The lowest BCUT2D eigenvalue weighted by atomic mass is 10.2. The molecule has 0 radical (unpaired) electrons. The maximum atomic E-state index is 12.3. The summed E-state index contributed by atoms with van der Waals surface area (Å²) in [4.78, 5) is 26.2. The maximum absolute atomic E-state index is 12.3. The number of nitrogens with one attached hydrogen (secondary N) is 1. The molecule has 7 heteroatoms. The lowest BCUT2D eigenvalue weighted by Crippen LogP contribution is -2.52. The van der Waals surface area contributed by atoms with E-state index in [-0.39, 0.29) is 17.6 Å². The highest BCUT2D eigenvalue weighted by atomic mass is 16.2. The second-order valence-corrected chi connectivity index (χ2v) is 5.32. The van der Waals surface area contributed by atoms with Crippen LogP contribution < -0.4 is 11.0 Å². The van der Waals surface area contributed by atoms with Crippen molar-refractivity contribution in [2.75, 3.05) is 19.6 Å². The molecule has 1 aliphatic heterocycles. The SMILES string of the molecule is CC1CNCCN1C(=O)CCn1nc2ccccn2c1=O. The van der Waals surface area contributed by atoms with Crippen LogP contribution in [0.3, 0.4) is 0 Å². The summed E-state index contributed by atoms with van der Waals surface area (Å²) in [5.74, 6) is 0.0768. The second-order valence-electron chi connectivity index (χ2n) is 5.32. The number of carbonyl (C=O) groups excluding carboxylic acids is 1. The van der Waals surface area contributed by atoms with Gasteiger partial charge in [0.15, 0.2) is 5.65 Å². The van der Waals surface area contributed by atoms with E-state index in [0.717, 1.165) is 19.6 Å². The minimum atomic E-state index is -0.202. The number of aryl methyl sites for hydroxylation is 1. The monoisotopic (exact) mass is 289 g/mol. The summed E-state index contributed by atoms with van der Waals surface area (Å²) in [6, 6.07) is 5.59. The molecule has 0 spiro atoms. The summed E-state index contributed by atoms with van der Waals surface area (Å²) in [5.41, 5.74) is 0.400. The van der Waals surface area contributed by atoms with Crippen LogP contribution in [0.25, 0.3) is 5.65 Å². The Morgan fingerprint density at radius 3 is 3.10 bits per heavy atom. The topological polar surface area (TPSA) is 71.6 Å². The predicted octanol–water partition coefficient (Wildman–Crippen LogP) is -0.294. The first kappa shape index (κ1) is 13.8. The number of rotatable bonds is 3. The standard InChI is InChI=1S/C14H19N5O2/c1-11-10-15-6-9-17(11)13(20)5-8-19-14(21)18-7-3-2-4-12(18)16-19/h2-4,7,11,15H,5-6,8-10H2,1H3. The van der Waals surface area contributed by atoms with Crippen LogP contribution in [-0.4, -0.2) is 50.7 Å². The van der Waals surface area contributed by atoms with Gasteiger partial charge in [0.05, 0.1) is 6.54 Å². The van der Waals surface area contributed by atoms with Gasteiger partial charge in [0, 0.05) is 38.3 Å². The Balaban J connectivity index is 1.70. The van der Waals surface area contributed by atoms with E-state index >= 15 is 0 Å². The maximum Gasteiger partial charge on any atom is 0.350 e. The van der Waals surface area contributed by atoms with E-state index in [0.29, 0.717) is 18.6 Å². The van der Waals surface area contributed by atoms with E-state index in [9.17, 15) is 9.59 Å². The third-order valence-corrected chi connectivity index (χ3v) is 3.85. The van der Waals surface area contributed by atoms with Gasteiger partial charge in [-0.05, 0) is 19.1 Å². The third-order valence-electron chi connectivity index (χ3n) is 3.85. The lowest BCUT2D eigenvalue weighted by molar-refractivity contribution is -0.134. The number of piperazine rings is 1. The molecule has 0 saturated carbocycles. The average molecular weight is 289 g/mol. The van der Waals surface area contributed by atoms with Gasteiger partial charge in [-0.15, -0.1) is 5.10 Å². The number of hydrogen-bond acceptors (Lipinski definition) is 4. The molecule has 112 valence electrons. The fraction of sp³-hybridized carbons (Fsp3) is 0.500. The van der Waals surface area contributed by atoms with Gasteiger partial charge in [-0.1, -0.05) is 6.07 Å². The molecule has 3 rings (SSSR count). The molecule has 1 aliphatic rings. The van der Waals surface area contributed by atoms with Crippen LogP contribution in [0.4, 0.5) is 0 Å². The Labute approximate surface area is 122 Å². The first-order valence-corrected chi connectivity index (χ1v) is 7.21. The Morgan fingerprint density at radius 2 is 2.33 bits per heavy atom. The Kier molecular flexibility index (Phi) is 3.74. The largest absolute Gasteiger partial charge is 0.350 e. The van der Waals surface area contributed by atoms with Crippen molar-refractivity contribution in [1.82, 2.24) is 24.4 Å². The van der Waals surface area contributed by atoms with Crippen molar-refractivity contribution in [2.45, 2.75) is 25.9 Å². The van der Waals surface area contributed by atoms with Crippen molar-refractivity contribution in [1.29, 1.82) is 0 Å². The van der Waals surface area contributed by atoms with Crippen LogP contribution in [0.2, 0.25) is 0 Å². The van der Waals surface area contributed by atoms with Gasteiger partial charge in [-0.25, -0.2) is 9.48 Å². The lowest BCUT2D eigenvalue weighted by Gasteiger charge is -2.34. The van der Waals surface area contributed by atoms with E-state index in [1.807, 2.05) is 17.9 Å². The number of aromatic nitrogens is 3. The fourth-order valence-corrected chi connectivity index (χ4v) is 2.67. The molecule has 2 aromatic heterocycles. The molecular weight excluding hydrogens is 270 g/mol. The van der Waals surface area contributed by atoms with Crippen LogP contribution >= 0.6 is 0 Å². The molecule has 2 aromatic rings. The third kappa shape index (κ3) is 2.69. The number of pyridine rings is 1. The van der Waals surface area contributed by atoms with Crippen LogP contribution in [0.1, 0.15) is 13.3 Å². The Hall–Kier alpha value is -2.15. The van der Waals surface area contributed by atoms with Crippen molar-refractivity contribution in [2.24, 2.45) is 0 Å². The summed E-state index contributed by atoms with van der Waals surface area (Å²) < 4.78 is 2.85. The predicted molar refractivity (Wildman–Crippen MR) is 78.1 cm³/mol. The molecule has 7 nitrogen and oxygen atoms in total. The molecular formula is C14H19N5O2. The summed E-state index contributed by atoms with van der Waals surface area (Å²) in [7, 11) is 0. The molecule has 1 saturated heterocycles. The van der Waals surface area contributed by atoms with Gasteiger partial charge in [-0.2, -0.15) is 0 Å². The number of carbonyl (C=O) groups is 1. The molecule has 1 amide bonds. The number of nitrogens with zero attached hydrogens (tertiary/aromatic N) is 4. The van der Waals surface area contributed by atoms with Gasteiger partial charge in [-0.3, -0.25) is 9.20 Å². The highest BCUT2D eigenvalue weighted by molar-refractivity contribution is 5.76. The van der Waals surface area contributed by atoms with E-state index in [1.165, 1.54) is 9.08 Å². The Bertz CT molecular complexity index is 705. The van der Waals surface area contributed by atoms with Gasteiger partial charge in [0.1, 0.15) is 0 Å². The van der Waals surface area contributed by atoms with Crippen molar-refractivity contribution >= 4 is 11.6 Å². The number of amides is 1. The van der Waals surface area contributed by atoms with Crippen molar-refractivity contribution < 1.29 is 4.79 Å². The van der Waals surface area contributed by atoms with Crippen molar-refractivity contribution in [3.63, 3.8) is 0 Å². The molecule has 1 N–H and O–H groups in total. The van der Waals surface area contributed by atoms with Crippen LogP contribution in [0.5, 0.6) is 0 Å². The van der Waals surface area contributed by atoms with Gasteiger partial charge >= 0.3 is 5.69 Å². The normalized spacial score (nSPS) is 19.1. The zero-order valence-electron chi connectivity index (χ0n) is 12.0. The van der Waals surface area contributed by atoms with Crippen LogP contribution in [0, 0.1) is 0 Å². The molecule has 1 unspecified atom stereocenters. The summed E-state index contributed by atoms with van der Waals surface area (Å²) in [6.45, 7) is 4.71. The highest BCUT2D eigenvalue weighted by Gasteiger charge is 2.22. The smallest absolute Gasteiger partial charge is 0.337 e. The second kappa shape index (κ2) is 5.69. The molecule has 0 aromatic carbocycles. The molecule has 3 heterocycles. The van der Waals surface area contributed by atoms with Crippen LogP contribution in [0.15, 0.2) is 29.2 Å². The summed E-state index contributed by atoms with van der Waals surface area (Å²) in [6.07, 6.45) is 1.98. The number of fused-ring (bicyclic) bond motifs is 1. The average Bonchev–Trinajstić information content (AvgIpc) is 2.82. The van der Waals surface area contributed by atoms with Gasteiger partial charge in [0.25, 0.3) is 0 Å². The molecule has 0 aliphatic carbocycles. The minimum absolute atomic E-state index is 0.0768.